The van der Waals surface area contributed by atoms with Gasteiger partial charge in [-0.25, -0.2) is 9.97 Å². The van der Waals surface area contributed by atoms with Gasteiger partial charge in [0.05, 0.1) is 0 Å². The van der Waals surface area contributed by atoms with E-state index in [1.54, 1.807) is 6.07 Å². The summed E-state index contributed by atoms with van der Waals surface area (Å²) in [4.78, 5) is 23.7. The number of piperidine rings is 1. The quantitative estimate of drug-likeness (QED) is 0.918. The molecule has 25 heavy (non-hydrogen) atoms. The van der Waals surface area contributed by atoms with Crippen molar-refractivity contribution in [3.63, 3.8) is 0 Å². The van der Waals surface area contributed by atoms with E-state index in [1.807, 2.05) is 25.7 Å². The van der Waals surface area contributed by atoms with Crippen molar-refractivity contribution in [3.05, 3.63) is 46.8 Å². The summed E-state index contributed by atoms with van der Waals surface area (Å²) < 4.78 is 0. The Balaban J connectivity index is 1.85. The Labute approximate surface area is 149 Å². The number of carbonyl (C=O) groups excluding carboxylic acids is 1. The minimum absolute atomic E-state index is 0.000985. The lowest BCUT2D eigenvalue weighted by Gasteiger charge is -2.30. The van der Waals surface area contributed by atoms with Gasteiger partial charge in [-0.3, -0.25) is 4.79 Å². The molecule has 5 heteroatoms. The third-order valence-corrected chi connectivity index (χ3v) is 4.66. The number of benzene rings is 1. The summed E-state index contributed by atoms with van der Waals surface area (Å²) in [7, 11) is 0. The second-order valence-corrected chi connectivity index (χ2v) is 7.16. The molecule has 0 bridgehead atoms. The van der Waals surface area contributed by atoms with E-state index < -0.39 is 0 Å². The van der Waals surface area contributed by atoms with Gasteiger partial charge in [-0.2, -0.15) is 0 Å². The summed E-state index contributed by atoms with van der Waals surface area (Å²) in [6, 6.07) is 7.98. The highest BCUT2D eigenvalue weighted by Crippen LogP contribution is 2.21. The molecule has 1 fully saturated rings. The molecule has 132 valence electrons. The number of aromatic nitrogens is 2. The number of nitrogens with zero attached hydrogens (tertiary/aromatic N) is 3. The van der Waals surface area contributed by atoms with E-state index in [1.165, 1.54) is 12.0 Å². The van der Waals surface area contributed by atoms with Crippen LogP contribution in [0.3, 0.4) is 0 Å². The van der Waals surface area contributed by atoms with Crippen LogP contribution < -0.4 is 5.32 Å². The number of amides is 1. The molecule has 1 amide bonds. The van der Waals surface area contributed by atoms with Crippen LogP contribution in [0, 0.1) is 26.7 Å². The maximum atomic E-state index is 12.8. The SMILES string of the molecule is Cc1ccc(C)c(Nc2nc(C)cc(C(=O)N3CCCC(C)C3)n2)c1. The number of anilines is 2. The first kappa shape index (κ1) is 17.4. The second-order valence-electron chi connectivity index (χ2n) is 7.16. The van der Waals surface area contributed by atoms with Crippen molar-refractivity contribution in [2.24, 2.45) is 5.92 Å². The van der Waals surface area contributed by atoms with Crippen LogP contribution >= 0.6 is 0 Å². The lowest BCUT2D eigenvalue weighted by molar-refractivity contribution is 0.0677. The Morgan fingerprint density at radius 2 is 2.00 bits per heavy atom. The molecule has 0 radical (unpaired) electrons. The van der Waals surface area contributed by atoms with Gasteiger partial charge in [-0.05, 0) is 62.8 Å². The lowest BCUT2D eigenvalue weighted by atomic mass is 10.00. The Bertz CT molecular complexity index is 787. The fourth-order valence-corrected chi connectivity index (χ4v) is 3.26. The number of hydrogen-bond donors (Lipinski definition) is 1. The van der Waals surface area contributed by atoms with Crippen molar-refractivity contribution in [1.29, 1.82) is 0 Å². The molecule has 5 nitrogen and oxygen atoms in total. The minimum atomic E-state index is 0.000985. The third-order valence-electron chi connectivity index (χ3n) is 4.66. The first-order chi connectivity index (χ1) is 11.9. The first-order valence-corrected chi connectivity index (χ1v) is 8.91. The normalized spacial score (nSPS) is 17.4. The number of likely N-dealkylation sites (tertiary alicyclic amines) is 1. The van der Waals surface area contributed by atoms with Gasteiger partial charge in [-0.15, -0.1) is 0 Å². The highest BCUT2D eigenvalue weighted by Gasteiger charge is 2.23. The molecule has 3 rings (SSSR count). The van der Waals surface area contributed by atoms with Gasteiger partial charge >= 0.3 is 0 Å². The molecule has 1 aliphatic heterocycles. The van der Waals surface area contributed by atoms with Crippen LogP contribution in [0.15, 0.2) is 24.3 Å². The fourth-order valence-electron chi connectivity index (χ4n) is 3.26. The number of nitrogens with one attached hydrogen (secondary N) is 1. The van der Waals surface area contributed by atoms with Gasteiger partial charge in [0.25, 0.3) is 5.91 Å². The van der Waals surface area contributed by atoms with E-state index in [0.29, 0.717) is 17.6 Å². The van der Waals surface area contributed by atoms with Crippen molar-refractivity contribution in [1.82, 2.24) is 14.9 Å². The van der Waals surface area contributed by atoms with Crippen LogP contribution in [0.25, 0.3) is 0 Å². The average Bonchev–Trinajstić information content (AvgIpc) is 2.57. The van der Waals surface area contributed by atoms with Crippen molar-refractivity contribution in [3.8, 4) is 0 Å². The molecule has 1 aromatic heterocycles. The van der Waals surface area contributed by atoms with Gasteiger partial charge < -0.3 is 10.2 Å². The molecule has 1 unspecified atom stereocenters. The van der Waals surface area contributed by atoms with Crippen LogP contribution in [0.5, 0.6) is 0 Å². The van der Waals surface area contributed by atoms with Gasteiger partial charge in [0, 0.05) is 24.5 Å². The number of hydrogen-bond acceptors (Lipinski definition) is 4. The predicted octanol–water partition coefficient (Wildman–Crippen LogP) is 4.02. The van der Waals surface area contributed by atoms with E-state index in [0.717, 1.165) is 36.5 Å². The van der Waals surface area contributed by atoms with E-state index in [4.69, 9.17) is 0 Å². The first-order valence-electron chi connectivity index (χ1n) is 8.91. The Morgan fingerprint density at radius 3 is 2.76 bits per heavy atom. The molecule has 0 saturated carbocycles. The van der Waals surface area contributed by atoms with E-state index in [2.05, 4.69) is 40.4 Å². The Morgan fingerprint density at radius 1 is 1.20 bits per heavy atom. The largest absolute Gasteiger partial charge is 0.337 e. The molecule has 1 aromatic carbocycles. The molecule has 1 atom stereocenters. The molecule has 0 aliphatic carbocycles. The third kappa shape index (κ3) is 4.16. The summed E-state index contributed by atoms with van der Waals surface area (Å²) >= 11 is 0. The zero-order valence-corrected chi connectivity index (χ0v) is 15.5. The van der Waals surface area contributed by atoms with Crippen molar-refractivity contribution in [2.75, 3.05) is 18.4 Å². The van der Waals surface area contributed by atoms with Crippen LogP contribution in [0.4, 0.5) is 11.6 Å². The molecule has 1 N–H and O–H groups in total. The average molecular weight is 338 g/mol. The zero-order valence-electron chi connectivity index (χ0n) is 15.5. The van der Waals surface area contributed by atoms with Crippen molar-refractivity contribution in [2.45, 2.75) is 40.5 Å². The summed E-state index contributed by atoms with van der Waals surface area (Å²) in [5.74, 6) is 1.02. The Hall–Kier alpha value is -2.43. The summed E-state index contributed by atoms with van der Waals surface area (Å²) in [5, 5.41) is 3.27. The number of aryl methyl sites for hydroxylation is 3. The summed E-state index contributed by atoms with van der Waals surface area (Å²) in [6.07, 6.45) is 2.25. The highest BCUT2D eigenvalue weighted by atomic mass is 16.2. The molecule has 2 aromatic rings. The smallest absolute Gasteiger partial charge is 0.272 e. The summed E-state index contributed by atoms with van der Waals surface area (Å²) in [5.41, 5.74) is 4.51. The van der Waals surface area contributed by atoms with E-state index in [9.17, 15) is 4.79 Å². The number of carbonyl (C=O) groups is 1. The maximum absolute atomic E-state index is 12.8. The molecular weight excluding hydrogens is 312 g/mol. The maximum Gasteiger partial charge on any atom is 0.272 e. The molecular formula is C20H26N4O. The van der Waals surface area contributed by atoms with Crippen LogP contribution in [-0.2, 0) is 0 Å². The molecule has 2 heterocycles. The van der Waals surface area contributed by atoms with E-state index >= 15 is 0 Å². The number of rotatable bonds is 3. The minimum Gasteiger partial charge on any atom is -0.337 e. The van der Waals surface area contributed by atoms with Gasteiger partial charge in [0.2, 0.25) is 5.95 Å². The monoisotopic (exact) mass is 338 g/mol. The fraction of sp³-hybridized carbons (Fsp3) is 0.450. The second kappa shape index (κ2) is 7.21. The highest BCUT2D eigenvalue weighted by molar-refractivity contribution is 5.92. The van der Waals surface area contributed by atoms with Gasteiger partial charge in [0.15, 0.2) is 0 Å². The van der Waals surface area contributed by atoms with Crippen molar-refractivity contribution >= 4 is 17.5 Å². The van der Waals surface area contributed by atoms with Crippen molar-refractivity contribution < 1.29 is 4.79 Å². The molecule has 1 saturated heterocycles. The molecule has 0 spiro atoms. The van der Waals surface area contributed by atoms with Crippen LogP contribution in [-0.4, -0.2) is 33.9 Å². The molecule has 1 aliphatic rings. The summed E-state index contributed by atoms with van der Waals surface area (Å²) in [6.45, 7) is 9.80. The van der Waals surface area contributed by atoms with Crippen LogP contribution in [0.2, 0.25) is 0 Å². The zero-order chi connectivity index (χ0) is 18.0. The standard InChI is InChI=1S/C20H26N4O/c1-13-7-8-15(3)17(10-13)22-20-21-16(4)11-18(23-20)19(25)24-9-5-6-14(2)12-24/h7-8,10-11,14H,5-6,9,12H2,1-4H3,(H,21,22,23). The van der Waals surface area contributed by atoms with E-state index in [-0.39, 0.29) is 5.91 Å². The van der Waals surface area contributed by atoms with Gasteiger partial charge in [0.1, 0.15) is 5.69 Å². The predicted molar refractivity (Wildman–Crippen MR) is 100 cm³/mol. The Kier molecular flexibility index (Phi) is 5.02. The van der Waals surface area contributed by atoms with Gasteiger partial charge in [-0.1, -0.05) is 19.1 Å². The topological polar surface area (TPSA) is 58.1 Å². The lowest BCUT2D eigenvalue weighted by Crippen LogP contribution is -2.39. The van der Waals surface area contributed by atoms with Crippen LogP contribution in [0.1, 0.15) is 47.1 Å².